The normalized spacial score (nSPS) is 17.9. The average molecular weight is 341 g/mol. The first kappa shape index (κ1) is 18.3. The van der Waals surface area contributed by atoms with Crippen LogP contribution in [-0.4, -0.2) is 66.4 Å². The number of carbonyl (C=O) groups excluding carboxylic acids is 1. The van der Waals surface area contributed by atoms with E-state index in [0.29, 0.717) is 19.8 Å². The van der Waals surface area contributed by atoms with Crippen LogP contribution in [0.1, 0.15) is 31.5 Å². The number of ether oxygens (including phenoxy) is 1. The monoisotopic (exact) mass is 341 g/mol. The maximum atomic E-state index is 12.2. The highest BCUT2D eigenvalue weighted by molar-refractivity contribution is 7.09. The lowest BCUT2D eigenvalue weighted by atomic mass is 9.98. The van der Waals surface area contributed by atoms with Gasteiger partial charge in [-0.3, -0.25) is 9.69 Å². The molecule has 0 spiro atoms. The number of thiazole rings is 1. The molecule has 7 heteroatoms. The Morgan fingerprint density at radius 3 is 2.74 bits per heavy atom. The number of aliphatic hydroxyl groups excluding tert-OH is 1. The third-order valence-corrected chi connectivity index (χ3v) is 5.02. The smallest absolute Gasteiger partial charge is 0.226 e. The molecule has 1 aromatic rings. The van der Waals surface area contributed by atoms with E-state index in [4.69, 9.17) is 4.74 Å². The van der Waals surface area contributed by atoms with Gasteiger partial charge in [0, 0.05) is 30.4 Å². The molecule has 1 fully saturated rings. The lowest BCUT2D eigenvalue weighted by Crippen LogP contribution is -2.49. The fourth-order valence-electron chi connectivity index (χ4n) is 2.42. The van der Waals surface area contributed by atoms with Crippen molar-refractivity contribution >= 4 is 17.2 Å². The quantitative estimate of drug-likeness (QED) is 0.800. The Bertz CT molecular complexity index is 507. The first-order valence-electron chi connectivity index (χ1n) is 8.03. The van der Waals surface area contributed by atoms with Gasteiger partial charge in [0.1, 0.15) is 0 Å². The number of carbonyl (C=O) groups is 1. The van der Waals surface area contributed by atoms with Crippen molar-refractivity contribution in [2.45, 2.75) is 38.6 Å². The maximum Gasteiger partial charge on any atom is 0.226 e. The summed E-state index contributed by atoms with van der Waals surface area (Å²) in [6.45, 7) is 10.0. The van der Waals surface area contributed by atoms with Gasteiger partial charge in [0.25, 0.3) is 0 Å². The highest BCUT2D eigenvalue weighted by Crippen LogP contribution is 2.25. The van der Waals surface area contributed by atoms with Crippen molar-refractivity contribution in [3.05, 3.63) is 16.1 Å². The molecule has 0 aromatic carbocycles. The fourth-order valence-corrected chi connectivity index (χ4v) is 3.33. The number of hydrogen-bond acceptors (Lipinski definition) is 6. The van der Waals surface area contributed by atoms with E-state index in [2.05, 4.69) is 36.0 Å². The zero-order valence-electron chi connectivity index (χ0n) is 14.2. The van der Waals surface area contributed by atoms with Crippen molar-refractivity contribution in [2.24, 2.45) is 0 Å². The lowest BCUT2D eigenvalue weighted by Gasteiger charge is -2.30. The lowest BCUT2D eigenvalue weighted by molar-refractivity contribution is -0.121. The molecule has 2 heterocycles. The number of aromatic nitrogens is 1. The van der Waals surface area contributed by atoms with Gasteiger partial charge in [-0.1, -0.05) is 20.8 Å². The van der Waals surface area contributed by atoms with E-state index in [-0.39, 0.29) is 30.4 Å². The van der Waals surface area contributed by atoms with Crippen molar-refractivity contribution in [3.63, 3.8) is 0 Å². The van der Waals surface area contributed by atoms with Crippen LogP contribution in [0.15, 0.2) is 5.38 Å². The summed E-state index contributed by atoms with van der Waals surface area (Å²) in [6, 6.07) is -0.249. The second-order valence-corrected chi connectivity index (χ2v) is 7.79. The van der Waals surface area contributed by atoms with Gasteiger partial charge in [-0.2, -0.15) is 0 Å². The van der Waals surface area contributed by atoms with Gasteiger partial charge in [0.05, 0.1) is 43.0 Å². The van der Waals surface area contributed by atoms with Gasteiger partial charge >= 0.3 is 0 Å². The Kier molecular flexibility index (Phi) is 6.52. The molecule has 2 rings (SSSR count). The molecule has 130 valence electrons. The Morgan fingerprint density at radius 1 is 1.48 bits per heavy atom. The van der Waals surface area contributed by atoms with Crippen LogP contribution < -0.4 is 5.32 Å². The minimum Gasteiger partial charge on any atom is -0.394 e. The molecule has 1 aromatic heterocycles. The van der Waals surface area contributed by atoms with E-state index < -0.39 is 0 Å². The molecule has 23 heavy (non-hydrogen) atoms. The summed E-state index contributed by atoms with van der Waals surface area (Å²) in [4.78, 5) is 18.9. The molecule has 0 bridgehead atoms. The predicted octanol–water partition coefficient (Wildman–Crippen LogP) is 0.792. The van der Waals surface area contributed by atoms with Crippen molar-refractivity contribution in [1.29, 1.82) is 0 Å². The van der Waals surface area contributed by atoms with Crippen LogP contribution in [-0.2, 0) is 21.4 Å². The summed E-state index contributed by atoms with van der Waals surface area (Å²) in [5, 5.41) is 15.4. The molecule has 0 radical (unpaired) electrons. The van der Waals surface area contributed by atoms with Crippen LogP contribution in [0.4, 0.5) is 0 Å². The van der Waals surface area contributed by atoms with E-state index in [1.807, 2.05) is 5.38 Å². The highest BCUT2D eigenvalue weighted by Gasteiger charge is 2.21. The summed E-state index contributed by atoms with van der Waals surface area (Å²) < 4.78 is 5.31. The van der Waals surface area contributed by atoms with Gasteiger partial charge in [-0.05, 0) is 0 Å². The Balaban J connectivity index is 1.83. The van der Waals surface area contributed by atoms with Crippen molar-refractivity contribution in [1.82, 2.24) is 15.2 Å². The molecule has 6 nitrogen and oxygen atoms in total. The van der Waals surface area contributed by atoms with E-state index >= 15 is 0 Å². The molecule has 1 amide bonds. The van der Waals surface area contributed by atoms with E-state index in [1.165, 1.54) is 0 Å². The molecule has 1 saturated heterocycles. The number of aliphatic hydroxyl groups is 1. The summed E-state index contributed by atoms with van der Waals surface area (Å²) in [7, 11) is 0. The highest BCUT2D eigenvalue weighted by atomic mass is 32.1. The standard InChI is InChI=1S/C16H27N3O3S/c1-16(2,3)15-18-12(11-23-15)8-14(21)17-13(10-20)9-19-4-6-22-7-5-19/h11,13,20H,4-10H2,1-3H3,(H,17,21)/t13-/m1/s1. The number of nitrogens with one attached hydrogen (secondary N) is 1. The number of hydrogen-bond donors (Lipinski definition) is 2. The predicted molar refractivity (Wildman–Crippen MR) is 90.8 cm³/mol. The second kappa shape index (κ2) is 8.19. The molecule has 1 aliphatic heterocycles. The molecule has 0 unspecified atom stereocenters. The van der Waals surface area contributed by atoms with Gasteiger partial charge in [-0.25, -0.2) is 4.98 Å². The second-order valence-electron chi connectivity index (χ2n) is 6.93. The molecular weight excluding hydrogens is 314 g/mol. The number of nitrogens with zero attached hydrogens (tertiary/aromatic N) is 2. The summed E-state index contributed by atoms with van der Waals surface area (Å²) >= 11 is 1.59. The van der Waals surface area contributed by atoms with Crippen LogP contribution in [0.25, 0.3) is 0 Å². The van der Waals surface area contributed by atoms with Gasteiger partial charge in [-0.15, -0.1) is 11.3 Å². The maximum absolute atomic E-state index is 12.2. The van der Waals surface area contributed by atoms with Crippen molar-refractivity contribution < 1.29 is 14.6 Å². The van der Waals surface area contributed by atoms with E-state index in [9.17, 15) is 9.90 Å². The zero-order chi connectivity index (χ0) is 16.9. The Labute approximate surface area is 141 Å². The van der Waals surface area contributed by atoms with Gasteiger partial charge in [0.2, 0.25) is 5.91 Å². The van der Waals surface area contributed by atoms with E-state index in [0.717, 1.165) is 23.8 Å². The van der Waals surface area contributed by atoms with E-state index in [1.54, 1.807) is 11.3 Å². The molecule has 0 aliphatic carbocycles. The fraction of sp³-hybridized carbons (Fsp3) is 0.750. The molecular formula is C16H27N3O3S. The molecule has 1 atom stereocenters. The first-order valence-corrected chi connectivity index (χ1v) is 8.91. The third-order valence-electron chi connectivity index (χ3n) is 3.70. The third kappa shape index (κ3) is 5.84. The van der Waals surface area contributed by atoms with Crippen LogP contribution in [0.5, 0.6) is 0 Å². The first-order chi connectivity index (χ1) is 10.9. The minimum atomic E-state index is -0.249. The Morgan fingerprint density at radius 2 is 2.17 bits per heavy atom. The average Bonchev–Trinajstić information content (AvgIpc) is 2.96. The summed E-state index contributed by atoms with van der Waals surface area (Å²) in [5.41, 5.74) is 0.795. The summed E-state index contributed by atoms with van der Waals surface area (Å²) in [5.74, 6) is -0.0944. The van der Waals surface area contributed by atoms with Gasteiger partial charge < -0.3 is 15.2 Å². The molecule has 1 aliphatic rings. The minimum absolute atomic E-state index is 0.00333. The molecule has 0 saturated carbocycles. The van der Waals surface area contributed by atoms with Gasteiger partial charge in [0.15, 0.2) is 0 Å². The number of rotatable bonds is 6. The van der Waals surface area contributed by atoms with Crippen molar-refractivity contribution in [2.75, 3.05) is 39.5 Å². The summed E-state index contributed by atoms with van der Waals surface area (Å²) in [6.07, 6.45) is 0.256. The largest absolute Gasteiger partial charge is 0.394 e. The number of morpholine rings is 1. The number of amides is 1. The van der Waals surface area contributed by atoms with Crippen LogP contribution in [0.2, 0.25) is 0 Å². The SMILES string of the molecule is CC(C)(C)c1nc(CC(=O)N[C@@H](CO)CN2CCOCC2)cs1. The topological polar surface area (TPSA) is 74.7 Å². The van der Waals surface area contributed by atoms with Crippen LogP contribution >= 0.6 is 11.3 Å². The van der Waals surface area contributed by atoms with Crippen molar-refractivity contribution in [3.8, 4) is 0 Å². The van der Waals surface area contributed by atoms with Crippen LogP contribution in [0, 0.1) is 0 Å². The van der Waals surface area contributed by atoms with Crippen LogP contribution in [0.3, 0.4) is 0 Å². The Hall–Kier alpha value is -1.02. The molecule has 2 N–H and O–H groups in total. The zero-order valence-corrected chi connectivity index (χ0v) is 15.0.